The van der Waals surface area contributed by atoms with Gasteiger partial charge in [0.2, 0.25) is 0 Å². The molecule has 0 aromatic rings. The first-order valence-corrected chi connectivity index (χ1v) is 12.7. The van der Waals surface area contributed by atoms with Crippen LogP contribution in [-0.4, -0.2) is 25.2 Å². The predicted molar refractivity (Wildman–Crippen MR) is 126 cm³/mol. The third-order valence-corrected chi connectivity index (χ3v) is 5.47. The maximum absolute atomic E-state index is 12.0. The summed E-state index contributed by atoms with van der Waals surface area (Å²) in [6, 6.07) is 0. The topological polar surface area (TPSA) is 52.6 Å². The summed E-state index contributed by atoms with van der Waals surface area (Å²) < 4.78 is 10.8. The normalized spacial score (nSPS) is 11.5. The fourth-order valence-corrected chi connectivity index (χ4v) is 3.37. The predicted octanol–water partition coefficient (Wildman–Crippen LogP) is 7.77. The van der Waals surface area contributed by atoms with Crippen LogP contribution in [0.5, 0.6) is 0 Å². The average molecular weight is 427 g/mol. The van der Waals surface area contributed by atoms with Crippen LogP contribution in [0.15, 0.2) is 0 Å². The number of carbonyl (C=O) groups excluding carboxylic acids is 2. The zero-order valence-electron chi connectivity index (χ0n) is 20.6. The van der Waals surface area contributed by atoms with Crippen molar-refractivity contribution in [3.05, 3.63) is 0 Å². The molecule has 0 aliphatic rings. The van der Waals surface area contributed by atoms with Gasteiger partial charge in [-0.05, 0) is 12.8 Å². The molecule has 0 unspecified atom stereocenters. The van der Waals surface area contributed by atoms with Crippen molar-refractivity contribution in [3.8, 4) is 0 Å². The molecule has 178 valence electrons. The van der Waals surface area contributed by atoms with Crippen LogP contribution in [-0.2, 0) is 19.1 Å². The van der Waals surface area contributed by atoms with Crippen LogP contribution >= 0.6 is 0 Å². The van der Waals surface area contributed by atoms with E-state index in [0.29, 0.717) is 26.1 Å². The van der Waals surface area contributed by atoms with Gasteiger partial charge in [0.05, 0.1) is 13.2 Å². The van der Waals surface area contributed by atoms with E-state index in [2.05, 4.69) is 13.8 Å². The summed E-state index contributed by atoms with van der Waals surface area (Å²) in [5, 5.41) is 0. The quantitative estimate of drug-likeness (QED) is 0.139. The fraction of sp³-hybridized carbons (Fsp3) is 0.923. The molecule has 0 heterocycles. The highest BCUT2D eigenvalue weighted by atomic mass is 16.5. The fourth-order valence-electron chi connectivity index (χ4n) is 3.37. The molecule has 0 saturated carbocycles. The number of rotatable bonds is 21. The van der Waals surface area contributed by atoms with Gasteiger partial charge in [0.1, 0.15) is 0 Å². The summed E-state index contributed by atoms with van der Waals surface area (Å²) in [5.74, 6) is -0.274. The number of hydrogen-bond donors (Lipinski definition) is 0. The van der Waals surface area contributed by atoms with Gasteiger partial charge in [-0.3, -0.25) is 9.59 Å². The molecule has 4 heteroatoms. The molecule has 0 aromatic heterocycles. The second-order valence-electron chi connectivity index (χ2n) is 9.58. The van der Waals surface area contributed by atoms with Gasteiger partial charge in [0, 0.05) is 18.3 Å². The number of unbranched alkanes of at least 4 members (excludes halogenated alkanes) is 13. The lowest BCUT2D eigenvalue weighted by molar-refractivity contribution is -0.152. The van der Waals surface area contributed by atoms with Crippen LogP contribution in [0.25, 0.3) is 0 Å². The van der Waals surface area contributed by atoms with Crippen molar-refractivity contribution in [2.24, 2.45) is 5.41 Å². The minimum Gasteiger partial charge on any atom is -0.465 e. The highest BCUT2D eigenvalue weighted by molar-refractivity contribution is 5.69. The van der Waals surface area contributed by atoms with Crippen LogP contribution in [0, 0.1) is 5.41 Å². The van der Waals surface area contributed by atoms with Gasteiger partial charge in [-0.1, -0.05) is 111 Å². The molecule has 0 amide bonds. The highest BCUT2D eigenvalue weighted by Gasteiger charge is 2.22. The molecule has 0 rings (SSSR count). The lowest BCUT2D eigenvalue weighted by Crippen LogP contribution is -2.28. The summed E-state index contributed by atoms with van der Waals surface area (Å²) in [6.07, 6.45) is 19.1. The van der Waals surface area contributed by atoms with Crippen molar-refractivity contribution in [2.45, 2.75) is 137 Å². The molecule has 0 bridgehead atoms. The SMILES string of the molecule is CCCCCCCCCCCC(=O)OCC(C)(C)COC(=O)CCCCCCCC. The Labute approximate surface area is 186 Å². The molecule has 0 atom stereocenters. The summed E-state index contributed by atoms with van der Waals surface area (Å²) in [5.41, 5.74) is -0.342. The molecule has 0 saturated heterocycles. The Bertz CT molecular complexity index is 417. The first-order valence-electron chi connectivity index (χ1n) is 12.7. The minimum absolute atomic E-state index is 0.135. The molecule has 30 heavy (non-hydrogen) atoms. The van der Waals surface area contributed by atoms with Crippen LogP contribution in [0.3, 0.4) is 0 Å². The van der Waals surface area contributed by atoms with E-state index >= 15 is 0 Å². The molecule has 0 aliphatic heterocycles. The van der Waals surface area contributed by atoms with E-state index in [-0.39, 0.29) is 17.4 Å². The Morgan fingerprint density at radius 1 is 0.533 bits per heavy atom. The molecule has 0 spiro atoms. The summed E-state index contributed by atoms with van der Waals surface area (Å²) in [7, 11) is 0. The molecule has 0 aromatic carbocycles. The second kappa shape index (κ2) is 19.9. The summed E-state index contributed by atoms with van der Waals surface area (Å²) in [6.45, 7) is 8.98. The van der Waals surface area contributed by atoms with Gasteiger partial charge in [0.25, 0.3) is 0 Å². The lowest BCUT2D eigenvalue weighted by Gasteiger charge is -2.23. The van der Waals surface area contributed by atoms with Gasteiger partial charge in [0.15, 0.2) is 0 Å². The maximum Gasteiger partial charge on any atom is 0.305 e. The van der Waals surface area contributed by atoms with E-state index in [1.54, 1.807) is 0 Å². The third kappa shape index (κ3) is 20.2. The van der Waals surface area contributed by atoms with E-state index in [0.717, 1.165) is 25.7 Å². The highest BCUT2D eigenvalue weighted by Crippen LogP contribution is 2.18. The number of ether oxygens (including phenoxy) is 2. The van der Waals surface area contributed by atoms with Gasteiger partial charge in [-0.15, -0.1) is 0 Å². The molecule has 0 aliphatic carbocycles. The maximum atomic E-state index is 12.0. The second-order valence-corrected chi connectivity index (χ2v) is 9.58. The monoisotopic (exact) mass is 426 g/mol. The van der Waals surface area contributed by atoms with Crippen molar-refractivity contribution in [3.63, 3.8) is 0 Å². The van der Waals surface area contributed by atoms with Crippen LogP contribution in [0.1, 0.15) is 137 Å². The summed E-state index contributed by atoms with van der Waals surface area (Å²) >= 11 is 0. The Balaban J connectivity index is 3.65. The molecular weight excluding hydrogens is 376 g/mol. The minimum atomic E-state index is -0.342. The Morgan fingerprint density at radius 3 is 1.17 bits per heavy atom. The molecule has 0 radical (unpaired) electrons. The van der Waals surface area contributed by atoms with E-state index in [9.17, 15) is 9.59 Å². The Kier molecular flexibility index (Phi) is 19.2. The van der Waals surface area contributed by atoms with Crippen molar-refractivity contribution >= 4 is 11.9 Å². The number of carbonyl (C=O) groups is 2. The van der Waals surface area contributed by atoms with Gasteiger partial charge in [-0.2, -0.15) is 0 Å². The standard InChI is InChI=1S/C26H50O4/c1-5-7-9-11-13-14-15-17-19-21-25(28)30-23-26(3,4)22-29-24(27)20-18-16-12-10-8-6-2/h5-23H2,1-4H3. The third-order valence-electron chi connectivity index (χ3n) is 5.47. The van der Waals surface area contributed by atoms with E-state index in [1.807, 2.05) is 13.8 Å². The van der Waals surface area contributed by atoms with Crippen LogP contribution < -0.4 is 0 Å². The van der Waals surface area contributed by atoms with Gasteiger partial charge in [-0.25, -0.2) is 0 Å². The number of hydrogen-bond acceptors (Lipinski definition) is 4. The first-order chi connectivity index (χ1) is 14.4. The van der Waals surface area contributed by atoms with Crippen molar-refractivity contribution in [2.75, 3.05) is 13.2 Å². The molecular formula is C26H50O4. The van der Waals surface area contributed by atoms with E-state index < -0.39 is 0 Å². The molecule has 4 nitrogen and oxygen atoms in total. The lowest BCUT2D eigenvalue weighted by atomic mass is 9.96. The zero-order valence-corrected chi connectivity index (χ0v) is 20.6. The average Bonchev–Trinajstić information content (AvgIpc) is 2.72. The van der Waals surface area contributed by atoms with Crippen LogP contribution in [0.4, 0.5) is 0 Å². The molecule has 0 fully saturated rings. The molecule has 0 N–H and O–H groups in total. The smallest absolute Gasteiger partial charge is 0.305 e. The Hall–Kier alpha value is -1.06. The number of esters is 2. The van der Waals surface area contributed by atoms with Crippen molar-refractivity contribution in [1.29, 1.82) is 0 Å². The summed E-state index contributed by atoms with van der Waals surface area (Å²) in [4.78, 5) is 23.8. The van der Waals surface area contributed by atoms with E-state index in [1.165, 1.54) is 70.6 Å². The first kappa shape index (κ1) is 28.9. The van der Waals surface area contributed by atoms with Crippen molar-refractivity contribution < 1.29 is 19.1 Å². The van der Waals surface area contributed by atoms with Gasteiger partial charge < -0.3 is 9.47 Å². The zero-order chi connectivity index (χ0) is 22.5. The van der Waals surface area contributed by atoms with E-state index in [4.69, 9.17) is 9.47 Å². The largest absolute Gasteiger partial charge is 0.465 e. The Morgan fingerprint density at radius 2 is 0.833 bits per heavy atom. The van der Waals surface area contributed by atoms with Crippen molar-refractivity contribution in [1.82, 2.24) is 0 Å². The van der Waals surface area contributed by atoms with Crippen LogP contribution in [0.2, 0.25) is 0 Å². The van der Waals surface area contributed by atoms with Gasteiger partial charge >= 0.3 is 11.9 Å².